The summed E-state index contributed by atoms with van der Waals surface area (Å²) in [5.74, 6) is -0.268. The highest BCUT2D eigenvalue weighted by atomic mass is 19.4. The fraction of sp³-hybridized carbons (Fsp3) is 0.462. The van der Waals surface area contributed by atoms with Crippen LogP contribution in [0.2, 0.25) is 0 Å². The van der Waals surface area contributed by atoms with Crippen molar-refractivity contribution in [1.29, 1.82) is 0 Å². The van der Waals surface area contributed by atoms with E-state index in [4.69, 9.17) is 0 Å². The van der Waals surface area contributed by atoms with E-state index < -0.39 is 17.9 Å². The lowest BCUT2D eigenvalue weighted by Gasteiger charge is -2.31. The number of piperidine rings is 1. The molecule has 1 fully saturated rings. The van der Waals surface area contributed by atoms with E-state index >= 15 is 0 Å². The Hall–Kier alpha value is -2.32. The highest BCUT2D eigenvalue weighted by Crippen LogP contribution is 2.30. The second kappa shape index (κ2) is 5.15. The summed E-state index contributed by atoms with van der Waals surface area (Å²) in [5.41, 5.74) is -0.348. The maximum absolute atomic E-state index is 12.6. The Labute approximate surface area is 124 Å². The third-order valence-corrected chi connectivity index (χ3v) is 3.63. The number of aryl methyl sites for hydroxylation is 1. The Morgan fingerprint density at radius 1 is 1.36 bits per heavy atom. The third kappa shape index (κ3) is 2.58. The van der Waals surface area contributed by atoms with Crippen LogP contribution in [0.3, 0.4) is 0 Å². The van der Waals surface area contributed by atoms with Crippen LogP contribution in [0.4, 0.5) is 18.9 Å². The van der Waals surface area contributed by atoms with Crippen LogP contribution in [-0.2, 0) is 18.0 Å². The van der Waals surface area contributed by atoms with Crippen molar-refractivity contribution in [2.75, 3.05) is 11.4 Å². The van der Waals surface area contributed by atoms with Crippen LogP contribution in [0.5, 0.6) is 0 Å². The lowest BCUT2D eigenvalue weighted by atomic mass is 10.0. The molecule has 9 heteroatoms. The lowest BCUT2D eigenvalue weighted by Crippen LogP contribution is -2.42. The molecule has 0 aromatic carbocycles. The number of rotatable bonds is 2. The summed E-state index contributed by atoms with van der Waals surface area (Å²) in [6.07, 6.45) is 1.11. The minimum Gasteiger partial charge on any atom is -0.308 e. The Morgan fingerprint density at radius 3 is 2.73 bits per heavy atom. The predicted molar refractivity (Wildman–Crippen MR) is 71.1 cm³/mol. The molecule has 1 aliphatic heterocycles. The number of alkyl halides is 3. The topological polar surface area (TPSA) is 56.0 Å². The van der Waals surface area contributed by atoms with Crippen LogP contribution in [0.25, 0.3) is 0 Å². The normalized spacial score (nSPS) is 19.7. The number of carbonyl (C=O) groups excluding carboxylic acids is 1. The van der Waals surface area contributed by atoms with E-state index in [1.54, 1.807) is 24.1 Å². The van der Waals surface area contributed by atoms with Crippen molar-refractivity contribution < 1.29 is 18.0 Å². The molecule has 3 heterocycles. The van der Waals surface area contributed by atoms with Crippen LogP contribution in [0, 0.1) is 0 Å². The Bertz CT molecular complexity index is 690. The van der Waals surface area contributed by atoms with Crippen LogP contribution in [-0.4, -0.2) is 32.0 Å². The minimum absolute atomic E-state index is 0.268. The number of nitrogens with zero attached hydrogens (tertiary/aromatic N) is 5. The quantitative estimate of drug-likeness (QED) is 0.852. The monoisotopic (exact) mass is 313 g/mol. The second-order valence-corrected chi connectivity index (χ2v) is 5.20. The summed E-state index contributed by atoms with van der Waals surface area (Å²) in [7, 11) is 1.73. The van der Waals surface area contributed by atoms with Crippen molar-refractivity contribution in [3.05, 3.63) is 30.4 Å². The first kappa shape index (κ1) is 14.6. The number of hydrogen-bond donors (Lipinski definition) is 0. The van der Waals surface area contributed by atoms with Crippen LogP contribution >= 0.6 is 0 Å². The van der Waals surface area contributed by atoms with Crippen molar-refractivity contribution in [3.63, 3.8) is 0 Å². The molecular weight excluding hydrogens is 299 g/mol. The molecular formula is C13H14F3N5O. The summed E-state index contributed by atoms with van der Waals surface area (Å²) >= 11 is 0. The molecule has 0 radical (unpaired) electrons. The number of carbonyl (C=O) groups is 1. The minimum atomic E-state index is -4.51. The third-order valence-electron chi connectivity index (χ3n) is 3.63. The molecule has 22 heavy (non-hydrogen) atoms. The molecule has 0 N–H and O–H groups in total. The Morgan fingerprint density at radius 2 is 2.14 bits per heavy atom. The first-order chi connectivity index (χ1) is 10.4. The average molecular weight is 313 g/mol. The van der Waals surface area contributed by atoms with Crippen LogP contribution < -0.4 is 4.90 Å². The maximum atomic E-state index is 12.6. The summed E-state index contributed by atoms with van der Waals surface area (Å²) in [5, 5.41) is 7.52. The molecule has 1 saturated heterocycles. The second-order valence-electron chi connectivity index (χ2n) is 5.20. The van der Waals surface area contributed by atoms with Crippen LogP contribution in [0.1, 0.15) is 24.6 Å². The molecule has 3 rings (SSSR count). The van der Waals surface area contributed by atoms with E-state index in [2.05, 4.69) is 10.2 Å². The average Bonchev–Trinajstić information content (AvgIpc) is 3.07. The predicted octanol–water partition coefficient (Wildman–Crippen LogP) is 2.00. The highest BCUT2D eigenvalue weighted by molar-refractivity contribution is 5.96. The molecule has 1 amide bonds. The molecule has 2 aromatic heterocycles. The summed E-state index contributed by atoms with van der Waals surface area (Å²) in [6, 6.07) is 0.168. The zero-order chi connectivity index (χ0) is 15.9. The summed E-state index contributed by atoms with van der Waals surface area (Å²) < 4.78 is 40.6. The first-order valence-electron chi connectivity index (χ1n) is 6.78. The summed E-state index contributed by atoms with van der Waals surface area (Å²) in [6.45, 7) is 0.522. The van der Waals surface area contributed by atoms with Crippen molar-refractivity contribution in [3.8, 4) is 0 Å². The van der Waals surface area contributed by atoms with E-state index in [1.807, 2.05) is 0 Å². The molecule has 0 unspecified atom stereocenters. The molecule has 1 atom stereocenters. The van der Waals surface area contributed by atoms with Gasteiger partial charge in [0, 0.05) is 26.0 Å². The van der Waals surface area contributed by atoms with Crippen molar-refractivity contribution in [2.45, 2.75) is 25.1 Å². The van der Waals surface area contributed by atoms with Gasteiger partial charge in [-0.1, -0.05) is 0 Å². The van der Waals surface area contributed by atoms with Crippen molar-refractivity contribution >= 4 is 11.6 Å². The van der Waals surface area contributed by atoms with Crippen molar-refractivity contribution in [1.82, 2.24) is 19.6 Å². The molecule has 0 spiro atoms. The molecule has 6 nitrogen and oxygen atoms in total. The van der Waals surface area contributed by atoms with E-state index in [9.17, 15) is 18.0 Å². The Balaban J connectivity index is 1.85. The molecule has 0 bridgehead atoms. The number of amides is 1. The molecule has 2 aromatic rings. The number of anilines is 1. The van der Waals surface area contributed by atoms with E-state index in [1.165, 1.54) is 11.1 Å². The van der Waals surface area contributed by atoms with E-state index in [0.29, 0.717) is 25.1 Å². The van der Waals surface area contributed by atoms with Gasteiger partial charge in [-0.25, -0.2) is 0 Å². The van der Waals surface area contributed by atoms with Gasteiger partial charge in [0.15, 0.2) is 5.69 Å². The largest absolute Gasteiger partial charge is 0.435 e. The maximum Gasteiger partial charge on any atom is 0.435 e. The first-order valence-corrected chi connectivity index (χ1v) is 6.78. The van der Waals surface area contributed by atoms with Gasteiger partial charge in [0.1, 0.15) is 6.04 Å². The van der Waals surface area contributed by atoms with Gasteiger partial charge in [0.05, 0.1) is 11.9 Å². The zero-order valence-corrected chi connectivity index (χ0v) is 11.8. The van der Waals surface area contributed by atoms with E-state index in [0.717, 1.165) is 10.7 Å². The lowest BCUT2D eigenvalue weighted by molar-refractivity contribution is -0.142. The smallest absolute Gasteiger partial charge is 0.308 e. The van der Waals surface area contributed by atoms with Gasteiger partial charge < -0.3 is 4.90 Å². The van der Waals surface area contributed by atoms with Gasteiger partial charge in [-0.05, 0) is 18.9 Å². The summed E-state index contributed by atoms with van der Waals surface area (Å²) in [4.78, 5) is 14.1. The standard InChI is InChI=1S/C13H14F3N5O/c1-19-8-9(7-17-19)20-5-2-3-10(12(20)22)21-6-4-11(18-21)13(14,15)16/h4,6-8,10H,2-3,5H2,1H3/t10-/m1/s1. The number of aromatic nitrogens is 4. The zero-order valence-electron chi connectivity index (χ0n) is 11.8. The van der Waals surface area contributed by atoms with Gasteiger partial charge >= 0.3 is 6.18 Å². The van der Waals surface area contributed by atoms with Gasteiger partial charge in [0.2, 0.25) is 0 Å². The van der Waals surface area contributed by atoms with Gasteiger partial charge in [-0.3, -0.25) is 14.2 Å². The van der Waals surface area contributed by atoms with Crippen LogP contribution in [0.15, 0.2) is 24.7 Å². The van der Waals surface area contributed by atoms with Gasteiger partial charge in [0.25, 0.3) is 5.91 Å². The van der Waals surface area contributed by atoms with Gasteiger partial charge in [-0.15, -0.1) is 0 Å². The van der Waals surface area contributed by atoms with Crippen molar-refractivity contribution in [2.24, 2.45) is 7.05 Å². The number of halogens is 3. The highest BCUT2D eigenvalue weighted by Gasteiger charge is 2.36. The molecule has 0 saturated carbocycles. The fourth-order valence-corrected chi connectivity index (χ4v) is 2.57. The SMILES string of the molecule is Cn1cc(N2CCC[C@@H](n3ccc(C(F)(F)F)n3)C2=O)cn1. The molecule has 118 valence electrons. The number of hydrogen-bond acceptors (Lipinski definition) is 3. The molecule has 0 aliphatic carbocycles. The molecule has 1 aliphatic rings. The van der Waals surface area contributed by atoms with E-state index in [-0.39, 0.29) is 5.91 Å². The Kier molecular flexibility index (Phi) is 3.42. The fourth-order valence-electron chi connectivity index (χ4n) is 2.57. The van der Waals surface area contributed by atoms with Gasteiger partial charge in [-0.2, -0.15) is 23.4 Å².